The quantitative estimate of drug-likeness (QED) is 0.649. The van der Waals surface area contributed by atoms with E-state index in [-0.39, 0.29) is 30.3 Å². The molecule has 2 aromatic rings. The first kappa shape index (κ1) is 21.5. The van der Waals surface area contributed by atoms with Gasteiger partial charge >= 0.3 is 0 Å². The van der Waals surface area contributed by atoms with E-state index in [1.165, 1.54) is 4.90 Å². The van der Waals surface area contributed by atoms with E-state index in [1.54, 1.807) is 12.1 Å². The maximum atomic E-state index is 13.1. The molecule has 3 heterocycles. The summed E-state index contributed by atoms with van der Waals surface area (Å²) in [6.45, 7) is 4.13. The van der Waals surface area contributed by atoms with E-state index < -0.39 is 0 Å². The minimum atomic E-state index is -0.270. The Morgan fingerprint density at radius 1 is 0.970 bits per heavy atom. The van der Waals surface area contributed by atoms with E-state index in [0.717, 1.165) is 41.9 Å². The normalized spacial score (nSPS) is 19.6. The van der Waals surface area contributed by atoms with Gasteiger partial charge in [-0.25, -0.2) is 0 Å². The monoisotopic (exact) mass is 448 g/mol. The molecule has 2 aromatic carbocycles. The molecule has 5 rings (SSSR count). The van der Waals surface area contributed by atoms with Gasteiger partial charge in [0.1, 0.15) is 0 Å². The fourth-order valence-electron chi connectivity index (χ4n) is 4.94. The zero-order valence-electron chi connectivity index (χ0n) is 18.8. The Hall–Kier alpha value is -3.35. The molecule has 1 atom stereocenters. The van der Waals surface area contributed by atoms with Crippen molar-refractivity contribution >= 4 is 17.7 Å². The smallest absolute Gasteiger partial charge is 0.261 e. The van der Waals surface area contributed by atoms with Crippen LogP contribution in [-0.2, 0) is 4.79 Å². The molecule has 172 valence electrons. The van der Waals surface area contributed by atoms with Crippen molar-refractivity contribution in [3.63, 3.8) is 0 Å². The molecule has 0 bridgehead atoms. The van der Waals surface area contributed by atoms with Crippen LogP contribution in [0.3, 0.4) is 0 Å². The summed E-state index contributed by atoms with van der Waals surface area (Å²) in [5, 5.41) is 0. The molecular formula is C26H28N2O5. The van der Waals surface area contributed by atoms with Crippen LogP contribution in [-0.4, -0.2) is 53.8 Å². The van der Waals surface area contributed by atoms with Gasteiger partial charge in [0.25, 0.3) is 11.8 Å². The Balaban J connectivity index is 1.21. The minimum Gasteiger partial charge on any atom is -0.490 e. The first-order chi connectivity index (χ1) is 16.0. The zero-order valence-corrected chi connectivity index (χ0v) is 18.8. The number of hydrogen-bond donors (Lipinski definition) is 0. The molecule has 3 amide bonds. The fourth-order valence-corrected chi connectivity index (χ4v) is 4.94. The summed E-state index contributed by atoms with van der Waals surface area (Å²) in [5.41, 5.74) is 2.91. The number of rotatable bonds is 5. The number of amides is 3. The number of ether oxygens (including phenoxy) is 2. The van der Waals surface area contributed by atoms with Crippen LogP contribution in [0.2, 0.25) is 0 Å². The second-order valence-corrected chi connectivity index (χ2v) is 8.92. The number of carbonyl (C=O) groups excluding carboxylic acids is 3. The van der Waals surface area contributed by atoms with Gasteiger partial charge in [0, 0.05) is 25.9 Å². The summed E-state index contributed by atoms with van der Waals surface area (Å²) >= 11 is 0. The number of imide groups is 1. The maximum Gasteiger partial charge on any atom is 0.261 e. The highest BCUT2D eigenvalue weighted by molar-refractivity contribution is 6.21. The molecule has 0 spiro atoms. The largest absolute Gasteiger partial charge is 0.490 e. The van der Waals surface area contributed by atoms with E-state index in [9.17, 15) is 14.4 Å². The van der Waals surface area contributed by atoms with Crippen molar-refractivity contribution in [1.29, 1.82) is 0 Å². The Kier molecular flexibility index (Phi) is 5.79. The third-order valence-corrected chi connectivity index (χ3v) is 6.63. The molecule has 1 saturated heterocycles. The number of aryl methyl sites for hydroxylation is 1. The maximum absolute atomic E-state index is 13.1. The molecule has 0 N–H and O–H groups in total. The van der Waals surface area contributed by atoms with E-state index >= 15 is 0 Å². The van der Waals surface area contributed by atoms with Crippen molar-refractivity contribution in [2.75, 3.05) is 26.3 Å². The SMILES string of the molecule is Cc1ccc2c(c1)C(=O)N(CCCC(=O)N1CCC[C@H]1c1ccc3c(c1)OCCCO3)C2=O. The van der Waals surface area contributed by atoms with Gasteiger partial charge in [0.2, 0.25) is 5.91 Å². The third-order valence-electron chi connectivity index (χ3n) is 6.63. The van der Waals surface area contributed by atoms with E-state index in [4.69, 9.17) is 9.47 Å². The number of hydrogen-bond acceptors (Lipinski definition) is 5. The van der Waals surface area contributed by atoms with Gasteiger partial charge in [0.05, 0.1) is 30.4 Å². The first-order valence-corrected chi connectivity index (χ1v) is 11.7. The molecule has 1 fully saturated rings. The molecule has 7 nitrogen and oxygen atoms in total. The molecule has 0 aliphatic carbocycles. The number of nitrogens with zero attached hydrogens (tertiary/aromatic N) is 2. The molecule has 0 radical (unpaired) electrons. The fraction of sp³-hybridized carbons (Fsp3) is 0.423. The van der Waals surface area contributed by atoms with Gasteiger partial charge in [-0.2, -0.15) is 0 Å². The molecular weight excluding hydrogens is 420 g/mol. The summed E-state index contributed by atoms with van der Waals surface area (Å²) in [6, 6.07) is 11.3. The van der Waals surface area contributed by atoms with E-state index in [0.29, 0.717) is 43.7 Å². The molecule has 0 saturated carbocycles. The molecule has 0 unspecified atom stereocenters. The summed E-state index contributed by atoms with van der Waals surface area (Å²) in [5.74, 6) is 1.01. The van der Waals surface area contributed by atoms with Crippen molar-refractivity contribution in [2.24, 2.45) is 0 Å². The van der Waals surface area contributed by atoms with Crippen LogP contribution < -0.4 is 9.47 Å². The summed E-state index contributed by atoms with van der Waals surface area (Å²) in [4.78, 5) is 41.5. The predicted molar refractivity (Wildman–Crippen MR) is 122 cm³/mol. The number of likely N-dealkylation sites (tertiary alicyclic amines) is 1. The molecule has 7 heteroatoms. The van der Waals surface area contributed by atoms with Crippen molar-refractivity contribution in [2.45, 2.75) is 45.1 Å². The number of fused-ring (bicyclic) bond motifs is 2. The van der Waals surface area contributed by atoms with Gasteiger partial charge in [-0.15, -0.1) is 0 Å². The van der Waals surface area contributed by atoms with Gasteiger partial charge < -0.3 is 14.4 Å². The van der Waals surface area contributed by atoms with Crippen LogP contribution in [0.5, 0.6) is 11.5 Å². The van der Waals surface area contributed by atoms with Gasteiger partial charge in [-0.3, -0.25) is 19.3 Å². The lowest BCUT2D eigenvalue weighted by Gasteiger charge is -2.26. The van der Waals surface area contributed by atoms with Gasteiger partial charge in [-0.1, -0.05) is 17.7 Å². The minimum absolute atomic E-state index is 0.0110. The van der Waals surface area contributed by atoms with Crippen molar-refractivity contribution < 1.29 is 23.9 Å². The highest BCUT2D eigenvalue weighted by Crippen LogP contribution is 2.38. The van der Waals surface area contributed by atoms with Crippen LogP contribution in [0, 0.1) is 6.92 Å². The highest BCUT2D eigenvalue weighted by atomic mass is 16.5. The third kappa shape index (κ3) is 4.08. The Bertz CT molecular complexity index is 1110. The molecule has 33 heavy (non-hydrogen) atoms. The Morgan fingerprint density at radius 3 is 2.61 bits per heavy atom. The predicted octanol–water partition coefficient (Wildman–Crippen LogP) is 3.90. The van der Waals surface area contributed by atoms with Crippen LogP contribution in [0.1, 0.15) is 70.0 Å². The van der Waals surface area contributed by atoms with Crippen LogP contribution >= 0.6 is 0 Å². The molecule has 3 aliphatic rings. The number of carbonyl (C=O) groups is 3. The summed E-state index contributed by atoms with van der Waals surface area (Å²) in [6.07, 6.45) is 3.46. The average Bonchev–Trinajstić information content (AvgIpc) is 3.29. The topological polar surface area (TPSA) is 76.2 Å². The second-order valence-electron chi connectivity index (χ2n) is 8.92. The van der Waals surface area contributed by atoms with Crippen molar-refractivity contribution in [3.05, 3.63) is 58.7 Å². The summed E-state index contributed by atoms with van der Waals surface area (Å²) < 4.78 is 11.5. The second kappa shape index (κ2) is 8.89. The molecule has 0 aromatic heterocycles. The van der Waals surface area contributed by atoms with Crippen LogP contribution in [0.25, 0.3) is 0 Å². The lowest BCUT2D eigenvalue weighted by Crippen LogP contribution is -2.33. The summed E-state index contributed by atoms with van der Waals surface area (Å²) in [7, 11) is 0. The lowest BCUT2D eigenvalue weighted by atomic mass is 10.0. The van der Waals surface area contributed by atoms with Crippen LogP contribution in [0.15, 0.2) is 36.4 Å². The number of benzene rings is 2. The standard InChI is InChI=1S/C26H28N2O5/c1-17-7-9-19-20(15-17)26(31)28(25(19)30)12-3-6-24(29)27-11-2-5-21(27)18-8-10-22-23(16-18)33-14-4-13-32-22/h7-10,15-16,21H,2-6,11-14H2,1H3/t21-/m0/s1. The zero-order chi connectivity index (χ0) is 22.9. The molecule has 3 aliphatic heterocycles. The van der Waals surface area contributed by atoms with E-state index in [1.807, 2.05) is 36.1 Å². The van der Waals surface area contributed by atoms with Crippen molar-refractivity contribution in [3.8, 4) is 11.5 Å². The van der Waals surface area contributed by atoms with Crippen molar-refractivity contribution in [1.82, 2.24) is 9.80 Å². The highest BCUT2D eigenvalue weighted by Gasteiger charge is 2.36. The van der Waals surface area contributed by atoms with Gasteiger partial charge in [0.15, 0.2) is 11.5 Å². The Morgan fingerprint density at radius 2 is 1.76 bits per heavy atom. The van der Waals surface area contributed by atoms with Crippen LogP contribution in [0.4, 0.5) is 0 Å². The average molecular weight is 449 g/mol. The lowest BCUT2D eigenvalue weighted by molar-refractivity contribution is -0.132. The van der Waals surface area contributed by atoms with Gasteiger partial charge in [-0.05, 0) is 56.0 Å². The van der Waals surface area contributed by atoms with E-state index in [2.05, 4.69) is 0 Å². The Labute approximate surface area is 193 Å². The first-order valence-electron chi connectivity index (χ1n) is 11.7.